The molecule has 29 heavy (non-hydrogen) atoms. The number of nitriles is 1. The van der Waals surface area contributed by atoms with Crippen molar-refractivity contribution in [1.29, 1.82) is 5.26 Å². The lowest BCUT2D eigenvalue weighted by atomic mass is 9.95. The Balaban J connectivity index is 1.64. The highest BCUT2D eigenvalue weighted by atomic mass is 32.1. The number of anilines is 1. The molecule has 0 radical (unpaired) electrons. The van der Waals surface area contributed by atoms with Gasteiger partial charge in [0.25, 0.3) is 5.91 Å². The third kappa shape index (κ3) is 3.83. The van der Waals surface area contributed by atoms with Crippen LogP contribution in [-0.2, 0) is 0 Å². The minimum atomic E-state index is -0.243. The summed E-state index contributed by atoms with van der Waals surface area (Å²) in [5.41, 5.74) is 4.48. The minimum Gasteiger partial charge on any atom is -0.298 e. The molecule has 0 atom stereocenters. The fraction of sp³-hybridized carbons (Fsp3) is 0.0870. The summed E-state index contributed by atoms with van der Waals surface area (Å²) in [4.78, 5) is 20.0. The van der Waals surface area contributed by atoms with Gasteiger partial charge in [0, 0.05) is 31.8 Å². The van der Waals surface area contributed by atoms with Crippen LogP contribution in [0, 0.1) is 25.2 Å². The Morgan fingerprint density at radius 3 is 2.48 bits per heavy atom. The van der Waals surface area contributed by atoms with Gasteiger partial charge in [0.05, 0.1) is 17.3 Å². The molecule has 4 rings (SSSR count). The fourth-order valence-corrected chi connectivity index (χ4v) is 4.87. The molecule has 0 aliphatic rings. The predicted octanol–water partition coefficient (Wildman–Crippen LogP) is 6.28. The molecule has 0 bridgehead atoms. The molecular formula is C23H17N3OS2. The number of amides is 1. The van der Waals surface area contributed by atoms with Crippen LogP contribution in [0.1, 0.15) is 25.7 Å². The molecule has 6 heteroatoms. The van der Waals surface area contributed by atoms with Crippen molar-refractivity contribution in [3.63, 3.8) is 0 Å². The lowest BCUT2D eigenvalue weighted by Gasteiger charge is -2.10. The molecule has 0 saturated carbocycles. The average Bonchev–Trinajstić information content (AvgIpc) is 3.33. The van der Waals surface area contributed by atoms with Gasteiger partial charge in [-0.1, -0.05) is 36.4 Å². The van der Waals surface area contributed by atoms with Crippen molar-refractivity contribution in [1.82, 2.24) is 4.98 Å². The molecular weight excluding hydrogens is 398 g/mol. The molecule has 1 amide bonds. The summed E-state index contributed by atoms with van der Waals surface area (Å²) >= 11 is 3.14. The van der Waals surface area contributed by atoms with Gasteiger partial charge < -0.3 is 0 Å². The number of aryl methyl sites for hydroxylation is 2. The number of nitrogens with one attached hydrogen (secondary N) is 1. The molecule has 2 heterocycles. The van der Waals surface area contributed by atoms with Crippen LogP contribution in [-0.4, -0.2) is 10.9 Å². The molecule has 2 aromatic carbocycles. The summed E-state index contributed by atoms with van der Waals surface area (Å²) in [6.07, 6.45) is 0. The Kier molecular flexibility index (Phi) is 5.26. The Morgan fingerprint density at radius 2 is 1.76 bits per heavy atom. The van der Waals surface area contributed by atoms with Gasteiger partial charge >= 0.3 is 0 Å². The fourth-order valence-electron chi connectivity index (χ4n) is 3.24. The van der Waals surface area contributed by atoms with Crippen molar-refractivity contribution >= 4 is 33.7 Å². The highest BCUT2D eigenvalue weighted by Crippen LogP contribution is 2.33. The number of nitrogens with zero attached hydrogens (tertiary/aromatic N) is 2. The zero-order chi connectivity index (χ0) is 20.4. The Hall–Kier alpha value is -3.27. The maximum atomic E-state index is 13.0. The van der Waals surface area contributed by atoms with Gasteiger partial charge in [-0.15, -0.1) is 22.7 Å². The molecule has 0 unspecified atom stereocenters. The van der Waals surface area contributed by atoms with E-state index in [1.165, 1.54) is 21.1 Å². The summed E-state index contributed by atoms with van der Waals surface area (Å²) in [5.74, 6) is -0.243. The highest BCUT2D eigenvalue weighted by Gasteiger charge is 2.17. The number of carbonyl (C=O) groups excluding carboxylic acids is 1. The first-order valence-electron chi connectivity index (χ1n) is 8.99. The summed E-state index contributed by atoms with van der Waals surface area (Å²) in [6.45, 7) is 4.15. The van der Waals surface area contributed by atoms with E-state index in [-0.39, 0.29) is 5.91 Å². The van der Waals surface area contributed by atoms with E-state index in [1.54, 1.807) is 23.5 Å². The van der Waals surface area contributed by atoms with E-state index in [0.717, 1.165) is 22.4 Å². The van der Waals surface area contributed by atoms with Crippen molar-refractivity contribution < 1.29 is 4.79 Å². The van der Waals surface area contributed by atoms with Crippen LogP contribution in [0.2, 0.25) is 0 Å². The van der Waals surface area contributed by atoms with E-state index in [2.05, 4.69) is 36.3 Å². The third-order valence-corrected chi connectivity index (χ3v) is 6.27. The summed E-state index contributed by atoms with van der Waals surface area (Å²) in [7, 11) is 0. The number of carbonyl (C=O) groups is 1. The number of hydrogen-bond donors (Lipinski definition) is 1. The first-order chi connectivity index (χ1) is 14.1. The van der Waals surface area contributed by atoms with Crippen LogP contribution in [0.25, 0.3) is 22.4 Å². The van der Waals surface area contributed by atoms with Crippen molar-refractivity contribution in [2.24, 2.45) is 0 Å². The first kappa shape index (κ1) is 19.1. The predicted molar refractivity (Wildman–Crippen MR) is 119 cm³/mol. The Morgan fingerprint density at radius 1 is 1.03 bits per heavy atom. The number of thiazole rings is 1. The number of benzene rings is 2. The monoisotopic (exact) mass is 415 g/mol. The Bertz CT molecular complexity index is 1250. The van der Waals surface area contributed by atoms with Gasteiger partial charge in [-0.2, -0.15) is 5.26 Å². The number of rotatable bonds is 4. The standard InChI is InChI=1S/C23H17N3OS2/c1-14-11-20(15(2)29-14)21-13-28-23(25-21)26-22(27)19-10-6-5-9-18(19)17-8-4-3-7-16(17)12-24/h3-11,13H,1-2H3,(H,25,26,27). The second-order valence-electron chi connectivity index (χ2n) is 6.52. The van der Waals surface area contributed by atoms with E-state index in [1.807, 2.05) is 41.8 Å². The lowest BCUT2D eigenvalue weighted by molar-refractivity contribution is 0.102. The van der Waals surface area contributed by atoms with Crippen molar-refractivity contribution in [3.8, 4) is 28.5 Å². The molecule has 4 nitrogen and oxygen atoms in total. The number of hydrogen-bond acceptors (Lipinski definition) is 5. The van der Waals surface area contributed by atoms with Crippen LogP contribution in [0.5, 0.6) is 0 Å². The molecule has 0 saturated heterocycles. The lowest BCUT2D eigenvalue weighted by Crippen LogP contribution is -2.13. The van der Waals surface area contributed by atoms with Crippen LogP contribution in [0.3, 0.4) is 0 Å². The third-order valence-electron chi connectivity index (χ3n) is 4.55. The Labute approximate surface area is 177 Å². The molecule has 0 aliphatic carbocycles. The van der Waals surface area contributed by atoms with Gasteiger partial charge in [-0.25, -0.2) is 4.98 Å². The first-order valence-corrected chi connectivity index (χ1v) is 10.7. The molecule has 0 aliphatic heterocycles. The summed E-state index contributed by atoms with van der Waals surface area (Å²) in [5, 5.41) is 14.8. The quantitative estimate of drug-likeness (QED) is 0.426. The molecule has 0 fully saturated rings. The van der Waals surface area contributed by atoms with Crippen molar-refractivity contribution in [3.05, 3.63) is 80.9 Å². The maximum absolute atomic E-state index is 13.0. The second kappa shape index (κ2) is 8.00. The zero-order valence-corrected chi connectivity index (χ0v) is 17.5. The topological polar surface area (TPSA) is 65.8 Å². The molecule has 2 aromatic heterocycles. The zero-order valence-electron chi connectivity index (χ0n) is 15.9. The highest BCUT2D eigenvalue weighted by molar-refractivity contribution is 7.14. The number of aromatic nitrogens is 1. The normalized spacial score (nSPS) is 10.5. The molecule has 142 valence electrons. The van der Waals surface area contributed by atoms with E-state index in [4.69, 9.17) is 0 Å². The van der Waals surface area contributed by atoms with Gasteiger partial charge in [0.1, 0.15) is 0 Å². The van der Waals surface area contributed by atoms with Crippen molar-refractivity contribution in [2.45, 2.75) is 13.8 Å². The van der Waals surface area contributed by atoms with Crippen LogP contribution in [0.4, 0.5) is 5.13 Å². The SMILES string of the molecule is Cc1cc(-c2csc(NC(=O)c3ccccc3-c3ccccc3C#N)n2)c(C)s1. The van der Waals surface area contributed by atoms with E-state index >= 15 is 0 Å². The van der Waals surface area contributed by atoms with Crippen LogP contribution in [0.15, 0.2) is 60.0 Å². The minimum absolute atomic E-state index is 0.243. The molecule has 4 aromatic rings. The van der Waals surface area contributed by atoms with E-state index < -0.39 is 0 Å². The van der Waals surface area contributed by atoms with E-state index in [0.29, 0.717) is 16.3 Å². The smallest absolute Gasteiger partial charge is 0.258 e. The summed E-state index contributed by atoms with van der Waals surface area (Å²) < 4.78 is 0. The average molecular weight is 416 g/mol. The van der Waals surface area contributed by atoms with E-state index in [9.17, 15) is 10.1 Å². The van der Waals surface area contributed by atoms with Crippen LogP contribution < -0.4 is 5.32 Å². The van der Waals surface area contributed by atoms with Crippen molar-refractivity contribution in [2.75, 3.05) is 5.32 Å². The maximum Gasteiger partial charge on any atom is 0.258 e. The number of thiophene rings is 1. The van der Waals surface area contributed by atoms with Gasteiger partial charge in [-0.05, 0) is 37.6 Å². The van der Waals surface area contributed by atoms with Gasteiger partial charge in [0.15, 0.2) is 5.13 Å². The molecule has 1 N–H and O–H groups in total. The molecule has 0 spiro atoms. The summed E-state index contributed by atoms with van der Waals surface area (Å²) in [6, 6.07) is 18.9. The van der Waals surface area contributed by atoms with Gasteiger partial charge in [0.2, 0.25) is 0 Å². The largest absolute Gasteiger partial charge is 0.298 e. The van der Waals surface area contributed by atoms with Crippen LogP contribution >= 0.6 is 22.7 Å². The van der Waals surface area contributed by atoms with Gasteiger partial charge in [-0.3, -0.25) is 10.1 Å². The second-order valence-corrected chi connectivity index (χ2v) is 8.84.